The van der Waals surface area contributed by atoms with E-state index in [0.717, 1.165) is 5.56 Å². The molecule has 2 atom stereocenters. The van der Waals surface area contributed by atoms with Gasteiger partial charge < -0.3 is 15.9 Å². The van der Waals surface area contributed by atoms with Gasteiger partial charge in [0.05, 0.1) is 0 Å². The summed E-state index contributed by atoms with van der Waals surface area (Å²) in [5.74, 6) is -0.948. The van der Waals surface area contributed by atoms with Gasteiger partial charge in [0.2, 0.25) is 5.91 Å². The molecule has 0 bridgehead atoms. The first kappa shape index (κ1) is 12.2. The standard InChI is InChI=1S/C10H12BrNO3/c1-5-2-3-7(11)6(4-5)8(13)9(14)10(12)15/h2-4,8-9,13-14H,1H3,(H2,12,15). The Balaban J connectivity index is 3.04. The molecule has 0 saturated heterocycles. The van der Waals surface area contributed by atoms with Gasteiger partial charge in [0.15, 0.2) is 6.10 Å². The molecule has 4 nitrogen and oxygen atoms in total. The SMILES string of the molecule is Cc1ccc(Br)c(C(O)C(O)C(N)=O)c1. The number of aliphatic hydroxyl groups is 2. The van der Waals surface area contributed by atoms with E-state index in [1.54, 1.807) is 12.1 Å². The average molecular weight is 274 g/mol. The molecule has 4 N–H and O–H groups in total. The second-order valence-corrected chi connectivity index (χ2v) is 4.17. The summed E-state index contributed by atoms with van der Waals surface area (Å²) in [5.41, 5.74) is 6.26. The Morgan fingerprint density at radius 3 is 2.60 bits per heavy atom. The molecular formula is C10H12BrNO3. The highest BCUT2D eigenvalue weighted by Gasteiger charge is 2.24. The van der Waals surface area contributed by atoms with Gasteiger partial charge in [-0.1, -0.05) is 33.6 Å². The van der Waals surface area contributed by atoms with E-state index < -0.39 is 18.1 Å². The molecule has 0 aliphatic heterocycles. The van der Waals surface area contributed by atoms with Crippen molar-refractivity contribution in [2.45, 2.75) is 19.1 Å². The highest BCUT2D eigenvalue weighted by Crippen LogP contribution is 2.26. The van der Waals surface area contributed by atoms with Gasteiger partial charge in [-0.05, 0) is 18.6 Å². The van der Waals surface area contributed by atoms with Crippen LogP contribution in [0.4, 0.5) is 0 Å². The quantitative estimate of drug-likeness (QED) is 0.756. The van der Waals surface area contributed by atoms with Crippen LogP contribution in [0.5, 0.6) is 0 Å². The van der Waals surface area contributed by atoms with Crippen LogP contribution in [0.15, 0.2) is 22.7 Å². The van der Waals surface area contributed by atoms with Gasteiger partial charge in [0, 0.05) is 4.47 Å². The molecule has 1 rings (SSSR count). The van der Waals surface area contributed by atoms with Gasteiger partial charge in [0.1, 0.15) is 6.10 Å². The third kappa shape index (κ3) is 2.77. The number of primary amides is 1. The number of hydrogen-bond donors (Lipinski definition) is 3. The smallest absolute Gasteiger partial charge is 0.249 e. The molecule has 1 aromatic carbocycles. The van der Waals surface area contributed by atoms with E-state index in [1.165, 1.54) is 0 Å². The number of hydrogen-bond acceptors (Lipinski definition) is 3. The van der Waals surface area contributed by atoms with Crippen LogP contribution in [0, 0.1) is 6.92 Å². The van der Waals surface area contributed by atoms with Crippen molar-refractivity contribution in [3.63, 3.8) is 0 Å². The summed E-state index contributed by atoms with van der Waals surface area (Å²) in [6, 6.07) is 5.26. The van der Waals surface area contributed by atoms with Crippen LogP contribution in [-0.2, 0) is 4.79 Å². The van der Waals surface area contributed by atoms with Crippen LogP contribution in [0.1, 0.15) is 17.2 Å². The van der Waals surface area contributed by atoms with Gasteiger partial charge in [-0.15, -0.1) is 0 Å². The van der Waals surface area contributed by atoms with Gasteiger partial charge in [-0.3, -0.25) is 4.79 Å². The van der Waals surface area contributed by atoms with Gasteiger partial charge in [-0.2, -0.15) is 0 Å². The number of aryl methyl sites for hydroxylation is 1. The van der Waals surface area contributed by atoms with E-state index in [2.05, 4.69) is 15.9 Å². The number of amides is 1. The van der Waals surface area contributed by atoms with Crippen LogP contribution >= 0.6 is 15.9 Å². The molecule has 2 unspecified atom stereocenters. The van der Waals surface area contributed by atoms with Crippen LogP contribution in [-0.4, -0.2) is 22.2 Å². The lowest BCUT2D eigenvalue weighted by atomic mass is 10.0. The third-order valence-electron chi connectivity index (χ3n) is 2.06. The molecule has 82 valence electrons. The van der Waals surface area contributed by atoms with Crippen LogP contribution in [0.25, 0.3) is 0 Å². The summed E-state index contributed by atoms with van der Waals surface area (Å²) in [6.45, 7) is 1.85. The molecule has 0 aliphatic carbocycles. The predicted octanol–water partition coefficient (Wildman–Crippen LogP) is 0.637. The van der Waals surface area contributed by atoms with Gasteiger partial charge >= 0.3 is 0 Å². The first-order chi connectivity index (χ1) is 6.93. The predicted molar refractivity (Wildman–Crippen MR) is 59.0 cm³/mol. The molecule has 0 saturated carbocycles. The number of carbonyl (C=O) groups excluding carboxylic acids is 1. The minimum Gasteiger partial charge on any atom is -0.385 e. The maximum absolute atomic E-state index is 10.7. The molecule has 0 fully saturated rings. The summed E-state index contributed by atoms with van der Waals surface area (Å²) < 4.78 is 0.626. The van der Waals surface area contributed by atoms with Crippen molar-refractivity contribution in [3.05, 3.63) is 33.8 Å². The van der Waals surface area contributed by atoms with Crippen molar-refractivity contribution < 1.29 is 15.0 Å². The molecule has 15 heavy (non-hydrogen) atoms. The Kier molecular flexibility index (Phi) is 3.84. The number of benzene rings is 1. The minimum absolute atomic E-state index is 0.446. The highest BCUT2D eigenvalue weighted by atomic mass is 79.9. The Morgan fingerprint density at radius 2 is 2.07 bits per heavy atom. The zero-order chi connectivity index (χ0) is 11.6. The van der Waals surface area contributed by atoms with Crippen molar-refractivity contribution in [2.75, 3.05) is 0 Å². The lowest BCUT2D eigenvalue weighted by molar-refractivity contribution is -0.132. The van der Waals surface area contributed by atoms with E-state index in [0.29, 0.717) is 10.0 Å². The lowest BCUT2D eigenvalue weighted by Gasteiger charge is -2.17. The van der Waals surface area contributed by atoms with E-state index in [-0.39, 0.29) is 0 Å². The van der Waals surface area contributed by atoms with Crippen LogP contribution < -0.4 is 5.73 Å². The van der Waals surface area contributed by atoms with E-state index >= 15 is 0 Å². The largest absolute Gasteiger partial charge is 0.385 e. The first-order valence-electron chi connectivity index (χ1n) is 4.35. The maximum Gasteiger partial charge on any atom is 0.249 e. The summed E-state index contributed by atoms with van der Waals surface area (Å²) >= 11 is 3.23. The minimum atomic E-state index is -1.59. The number of rotatable bonds is 3. The molecular weight excluding hydrogens is 262 g/mol. The van der Waals surface area contributed by atoms with Crippen molar-refractivity contribution in [2.24, 2.45) is 5.73 Å². The zero-order valence-electron chi connectivity index (χ0n) is 8.14. The Bertz CT molecular complexity index is 381. The molecule has 1 aromatic rings. The second-order valence-electron chi connectivity index (χ2n) is 3.32. The summed E-state index contributed by atoms with van der Waals surface area (Å²) in [4.78, 5) is 10.7. The summed E-state index contributed by atoms with van der Waals surface area (Å²) in [5, 5.41) is 19.0. The maximum atomic E-state index is 10.7. The van der Waals surface area contributed by atoms with Crippen molar-refractivity contribution >= 4 is 21.8 Å². The molecule has 5 heteroatoms. The molecule has 0 spiro atoms. The number of carbonyl (C=O) groups is 1. The van der Waals surface area contributed by atoms with Gasteiger partial charge in [-0.25, -0.2) is 0 Å². The highest BCUT2D eigenvalue weighted by molar-refractivity contribution is 9.10. The van der Waals surface area contributed by atoms with Crippen molar-refractivity contribution in [1.82, 2.24) is 0 Å². The number of aliphatic hydroxyl groups excluding tert-OH is 2. The van der Waals surface area contributed by atoms with Crippen molar-refractivity contribution in [3.8, 4) is 0 Å². The van der Waals surface area contributed by atoms with E-state index in [4.69, 9.17) is 5.73 Å². The number of halogens is 1. The fourth-order valence-corrected chi connectivity index (χ4v) is 1.70. The lowest BCUT2D eigenvalue weighted by Crippen LogP contribution is -2.34. The molecule has 0 radical (unpaired) electrons. The normalized spacial score (nSPS) is 14.7. The van der Waals surface area contributed by atoms with Crippen LogP contribution in [0.2, 0.25) is 0 Å². The van der Waals surface area contributed by atoms with E-state index in [9.17, 15) is 15.0 Å². The van der Waals surface area contributed by atoms with Gasteiger partial charge in [0.25, 0.3) is 0 Å². The van der Waals surface area contributed by atoms with Crippen molar-refractivity contribution in [1.29, 1.82) is 0 Å². The topological polar surface area (TPSA) is 83.6 Å². The molecule has 0 heterocycles. The molecule has 0 aliphatic rings. The molecule has 0 aromatic heterocycles. The second kappa shape index (κ2) is 4.74. The Labute approximate surface area is 95.8 Å². The molecule has 1 amide bonds. The summed E-state index contributed by atoms with van der Waals surface area (Å²) in [6.07, 6.45) is -2.90. The van der Waals surface area contributed by atoms with Crippen LogP contribution in [0.3, 0.4) is 0 Å². The zero-order valence-corrected chi connectivity index (χ0v) is 9.73. The first-order valence-corrected chi connectivity index (χ1v) is 5.14. The fraction of sp³-hybridized carbons (Fsp3) is 0.300. The fourth-order valence-electron chi connectivity index (χ4n) is 1.22. The third-order valence-corrected chi connectivity index (χ3v) is 2.78. The Morgan fingerprint density at radius 1 is 1.47 bits per heavy atom. The monoisotopic (exact) mass is 273 g/mol. The Hall–Kier alpha value is -0.910. The average Bonchev–Trinajstić information content (AvgIpc) is 2.19. The number of nitrogens with two attached hydrogens (primary N) is 1. The summed E-state index contributed by atoms with van der Waals surface area (Å²) in [7, 11) is 0. The van der Waals surface area contributed by atoms with E-state index in [1.807, 2.05) is 13.0 Å².